The molecule has 1 aromatic rings. The summed E-state index contributed by atoms with van der Waals surface area (Å²) in [5.74, 6) is 0.832. The van der Waals surface area contributed by atoms with E-state index < -0.39 is 0 Å². The van der Waals surface area contributed by atoms with Gasteiger partial charge in [-0.25, -0.2) is 0 Å². The van der Waals surface area contributed by atoms with Crippen LogP contribution in [0.25, 0.3) is 0 Å². The molecule has 0 radical (unpaired) electrons. The first-order chi connectivity index (χ1) is 10.1. The van der Waals surface area contributed by atoms with E-state index in [-0.39, 0.29) is 5.78 Å². The van der Waals surface area contributed by atoms with Gasteiger partial charge < -0.3 is 4.90 Å². The Morgan fingerprint density at radius 2 is 2.05 bits per heavy atom. The maximum Gasteiger partial charge on any atom is 0.180 e. The van der Waals surface area contributed by atoms with Crippen molar-refractivity contribution in [3.8, 4) is 0 Å². The number of carbonyl (C=O) groups is 1. The van der Waals surface area contributed by atoms with Gasteiger partial charge in [-0.15, -0.1) is 0 Å². The van der Waals surface area contributed by atoms with Crippen molar-refractivity contribution in [3.63, 3.8) is 0 Å². The molecule has 21 heavy (non-hydrogen) atoms. The molecule has 0 spiro atoms. The summed E-state index contributed by atoms with van der Waals surface area (Å²) in [7, 11) is 0. The summed E-state index contributed by atoms with van der Waals surface area (Å²) in [4.78, 5) is 18.6. The van der Waals surface area contributed by atoms with Crippen LogP contribution in [0.3, 0.4) is 0 Å². The molecule has 2 rings (SSSR count). The Morgan fingerprint density at radius 3 is 2.57 bits per heavy atom. The molecule has 0 N–H and O–H groups in total. The Morgan fingerprint density at radius 1 is 1.33 bits per heavy atom. The Bertz CT molecular complexity index is 447. The van der Waals surface area contributed by atoms with Crippen molar-refractivity contribution < 1.29 is 4.79 Å². The first-order valence-electron chi connectivity index (χ1n) is 8.37. The van der Waals surface area contributed by atoms with Crippen LogP contribution in [0.5, 0.6) is 0 Å². The average molecular weight is 288 g/mol. The minimum Gasteiger partial charge on any atom is -0.367 e. The minimum absolute atomic E-state index is 0.121. The first-order valence-corrected chi connectivity index (χ1v) is 8.37. The highest BCUT2D eigenvalue weighted by molar-refractivity contribution is 5.94. The lowest BCUT2D eigenvalue weighted by atomic mass is 10.1. The number of hydrogen-bond acceptors (Lipinski definition) is 3. The van der Waals surface area contributed by atoms with Gasteiger partial charge in [0, 0.05) is 19.0 Å². The van der Waals surface area contributed by atoms with Crippen molar-refractivity contribution >= 4 is 11.5 Å². The van der Waals surface area contributed by atoms with Gasteiger partial charge in [-0.1, -0.05) is 33.6 Å². The van der Waals surface area contributed by atoms with E-state index in [0.717, 1.165) is 6.54 Å². The number of hydrogen-bond donors (Lipinski definition) is 0. The maximum absolute atomic E-state index is 11.7. The van der Waals surface area contributed by atoms with Crippen molar-refractivity contribution in [2.75, 3.05) is 11.4 Å². The molecule has 0 unspecified atom stereocenters. The first kappa shape index (κ1) is 16.0. The average Bonchev–Trinajstić information content (AvgIpc) is 3.01. The van der Waals surface area contributed by atoms with E-state index in [2.05, 4.69) is 29.8 Å². The highest BCUT2D eigenvalue weighted by Crippen LogP contribution is 2.28. The molecule has 0 saturated heterocycles. The van der Waals surface area contributed by atoms with Gasteiger partial charge in [0.1, 0.15) is 5.69 Å². The molecule has 0 atom stereocenters. The number of ketones is 1. The quantitative estimate of drug-likeness (QED) is 0.694. The monoisotopic (exact) mass is 288 g/mol. The van der Waals surface area contributed by atoms with Gasteiger partial charge in [-0.3, -0.25) is 9.78 Å². The minimum atomic E-state index is 0.121. The molecule has 0 amide bonds. The third-order valence-electron chi connectivity index (χ3n) is 4.40. The van der Waals surface area contributed by atoms with E-state index in [9.17, 15) is 4.79 Å². The molecule has 3 heteroatoms. The van der Waals surface area contributed by atoms with Gasteiger partial charge in [0.2, 0.25) is 0 Å². The Balaban J connectivity index is 2.13. The number of nitrogens with zero attached hydrogens (tertiary/aromatic N) is 2. The number of rotatable bonds is 7. The highest BCUT2D eigenvalue weighted by Gasteiger charge is 2.23. The van der Waals surface area contributed by atoms with Gasteiger partial charge in [0.25, 0.3) is 0 Å². The van der Waals surface area contributed by atoms with Crippen LogP contribution in [0.15, 0.2) is 18.3 Å². The van der Waals surface area contributed by atoms with E-state index >= 15 is 0 Å². The second-order valence-electron chi connectivity index (χ2n) is 6.49. The molecular weight excluding hydrogens is 260 g/mol. The smallest absolute Gasteiger partial charge is 0.180 e. The van der Waals surface area contributed by atoms with E-state index in [0.29, 0.717) is 24.1 Å². The fourth-order valence-electron chi connectivity index (χ4n) is 3.04. The lowest BCUT2D eigenvalue weighted by molar-refractivity contribution is 0.0983. The number of aromatic nitrogens is 1. The number of pyridine rings is 1. The van der Waals surface area contributed by atoms with Gasteiger partial charge in [-0.05, 0) is 37.3 Å². The second-order valence-corrected chi connectivity index (χ2v) is 6.49. The third kappa shape index (κ3) is 4.29. The molecule has 1 heterocycles. The van der Waals surface area contributed by atoms with Gasteiger partial charge >= 0.3 is 0 Å². The summed E-state index contributed by atoms with van der Waals surface area (Å²) in [6.45, 7) is 7.51. The fourth-order valence-corrected chi connectivity index (χ4v) is 3.04. The number of carbonyl (C=O) groups excluding carboxylic acids is 1. The summed E-state index contributed by atoms with van der Waals surface area (Å²) < 4.78 is 0. The topological polar surface area (TPSA) is 33.2 Å². The second kappa shape index (κ2) is 7.58. The van der Waals surface area contributed by atoms with E-state index in [4.69, 9.17) is 0 Å². The molecule has 1 saturated carbocycles. The van der Waals surface area contributed by atoms with Crippen molar-refractivity contribution in [1.29, 1.82) is 0 Å². The molecule has 0 aromatic carbocycles. The van der Waals surface area contributed by atoms with Crippen LogP contribution >= 0.6 is 0 Å². The molecule has 0 aliphatic heterocycles. The normalized spacial score (nSPS) is 15.6. The van der Waals surface area contributed by atoms with E-state index in [1.807, 2.05) is 19.2 Å². The van der Waals surface area contributed by atoms with Gasteiger partial charge in [-0.2, -0.15) is 0 Å². The van der Waals surface area contributed by atoms with Crippen LogP contribution in [-0.4, -0.2) is 23.4 Å². The zero-order valence-corrected chi connectivity index (χ0v) is 13.6. The SMILES string of the molecule is CCC(=O)c1ccc(N(CCC(C)C)C2CCCC2)cn1. The van der Waals surface area contributed by atoms with E-state index in [1.165, 1.54) is 37.8 Å². The van der Waals surface area contributed by atoms with Crippen molar-refractivity contribution in [2.45, 2.75) is 65.3 Å². The molecule has 1 aromatic heterocycles. The Hall–Kier alpha value is -1.38. The standard InChI is InChI=1S/C18H28N2O/c1-4-18(21)17-10-9-16(13-19-17)20(12-11-14(2)3)15-7-5-6-8-15/h9-10,13-15H,4-8,11-12H2,1-3H3. The summed E-state index contributed by atoms with van der Waals surface area (Å²) >= 11 is 0. The molecule has 3 nitrogen and oxygen atoms in total. The Labute approximate surface area is 128 Å². The molecular formula is C18H28N2O. The lowest BCUT2D eigenvalue weighted by Crippen LogP contribution is -2.34. The summed E-state index contributed by atoms with van der Waals surface area (Å²) in [6.07, 6.45) is 8.85. The van der Waals surface area contributed by atoms with Gasteiger partial charge in [0.15, 0.2) is 5.78 Å². The van der Waals surface area contributed by atoms with Crippen LogP contribution < -0.4 is 4.90 Å². The Kier molecular flexibility index (Phi) is 5.77. The molecule has 1 aliphatic carbocycles. The molecule has 116 valence electrons. The molecule has 1 aliphatic rings. The van der Waals surface area contributed by atoms with Gasteiger partial charge in [0.05, 0.1) is 11.9 Å². The lowest BCUT2D eigenvalue weighted by Gasteiger charge is -2.31. The zero-order valence-electron chi connectivity index (χ0n) is 13.6. The summed E-state index contributed by atoms with van der Waals surface area (Å²) in [6, 6.07) is 4.62. The third-order valence-corrected chi connectivity index (χ3v) is 4.40. The van der Waals surface area contributed by atoms with Crippen molar-refractivity contribution in [1.82, 2.24) is 4.98 Å². The summed E-state index contributed by atoms with van der Waals surface area (Å²) in [5.41, 5.74) is 1.77. The highest BCUT2D eigenvalue weighted by atomic mass is 16.1. The largest absolute Gasteiger partial charge is 0.367 e. The van der Waals surface area contributed by atoms with Crippen molar-refractivity contribution in [2.24, 2.45) is 5.92 Å². The number of Topliss-reactive ketones (excluding diaryl/α,β-unsaturated/α-hetero) is 1. The van der Waals surface area contributed by atoms with Crippen LogP contribution in [0.2, 0.25) is 0 Å². The molecule has 0 bridgehead atoms. The number of anilines is 1. The zero-order chi connectivity index (χ0) is 15.2. The van der Waals surface area contributed by atoms with Crippen LogP contribution in [-0.2, 0) is 0 Å². The molecule has 1 fully saturated rings. The van der Waals surface area contributed by atoms with Crippen LogP contribution in [0.4, 0.5) is 5.69 Å². The predicted molar refractivity (Wildman–Crippen MR) is 87.9 cm³/mol. The van der Waals surface area contributed by atoms with E-state index in [1.54, 1.807) is 0 Å². The maximum atomic E-state index is 11.7. The fraction of sp³-hybridized carbons (Fsp3) is 0.667. The van der Waals surface area contributed by atoms with Crippen LogP contribution in [0, 0.1) is 5.92 Å². The van der Waals surface area contributed by atoms with Crippen LogP contribution in [0.1, 0.15) is 69.8 Å². The van der Waals surface area contributed by atoms with Crippen molar-refractivity contribution in [3.05, 3.63) is 24.0 Å². The summed E-state index contributed by atoms with van der Waals surface area (Å²) in [5, 5.41) is 0. The predicted octanol–water partition coefficient (Wildman–Crippen LogP) is 4.47.